The van der Waals surface area contributed by atoms with Crippen LogP contribution in [0.1, 0.15) is 20.7 Å². The summed E-state index contributed by atoms with van der Waals surface area (Å²) in [6, 6.07) is 30.0. The molecule has 0 aliphatic carbocycles. The Kier molecular flexibility index (Phi) is 9.52. The summed E-state index contributed by atoms with van der Waals surface area (Å²) in [5.41, 5.74) is 7.98. The van der Waals surface area contributed by atoms with Crippen LogP contribution >= 0.6 is 31.9 Å². The van der Waals surface area contributed by atoms with Crippen molar-refractivity contribution in [1.82, 2.24) is 14.9 Å². The largest absolute Gasteiger partial charge is 0.455 e. The zero-order chi connectivity index (χ0) is 31.2. The van der Waals surface area contributed by atoms with Gasteiger partial charge in [0.15, 0.2) is 0 Å². The Morgan fingerprint density at radius 2 is 1.11 bits per heavy atom. The maximum absolute atomic E-state index is 12.4. The number of pyridine rings is 2. The molecule has 0 radical (unpaired) electrons. The number of nitrogens with two attached hydrogens (primary N) is 1. The van der Waals surface area contributed by atoms with Crippen molar-refractivity contribution in [1.29, 1.82) is 0 Å². The molecule has 8 nitrogen and oxygen atoms in total. The second-order valence-electron chi connectivity index (χ2n) is 9.72. The van der Waals surface area contributed by atoms with Crippen LogP contribution in [0, 0.1) is 0 Å². The first-order valence-electron chi connectivity index (χ1n) is 13.3. The lowest BCUT2D eigenvalue weighted by atomic mass is 10.1. The van der Waals surface area contributed by atoms with Crippen LogP contribution in [0.3, 0.4) is 0 Å². The van der Waals surface area contributed by atoms with E-state index in [1.54, 1.807) is 50.8 Å². The van der Waals surface area contributed by atoms with Gasteiger partial charge >= 0.3 is 0 Å². The standard InChI is InChI=1S/C18H15BrN2O2.C16H11BrN2O2/c1-21(2)18(22)17-14(19)7-5-9-16(17)23-13-10-12-6-3-4-8-15(12)20-11-13;17-12-5-3-7-14(15(12)16(18)20)21-11-8-10-4-1-2-6-13(10)19-9-11/h3-11H,1-2H3;1-9H,(H2,18,20). The number of rotatable bonds is 6. The molecule has 0 fully saturated rings. The van der Waals surface area contributed by atoms with E-state index in [1.807, 2.05) is 72.8 Å². The molecule has 2 amide bonds. The molecule has 0 aliphatic heterocycles. The van der Waals surface area contributed by atoms with Crippen molar-refractivity contribution in [2.75, 3.05) is 14.1 Å². The van der Waals surface area contributed by atoms with Crippen LogP contribution in [-0.4, -0.2) is 40.8 Å². The number of nitrogens with zero attached hydrogens (tertiary/aromatic N) is 3. The van der Waals surface area contributed by atoms with E-state index < -0.39 is 5.91 Å². The van der Waals surface area contributed by atoms with Crippen LogP contribution in [0.15, 0.2) is 118 Å². The Balaban J connectivity index is 0.000000175. The van der Waals surface area contributed by atoms with E-state index >= 15 is 0 Å². The van der Waals surface area contributed by atoms with Gasteiger partial charge in [-0.25, -0.2) is 0 Å². The number of carbonyl (C=O) groups excluding carboxylic acids is 2. The minimum Gasteiger partial charge on any atom is -0.455 e. The van der Waals surface area contributed by atoms with Gasteiger partial charge in [0.2, 0.25) is 0 Å². The number of aromatic nitrogens is 2. The van der Waals surface area contributed by atoms with Crippen LogP contribution < -0.4 is 15.2 Å². The van der Waals surface area contributed by atoms with Crippen molar-refractivity contribution in [3.63, 3.8) is 0 Å². The van der Waals surface area contributed by atoms with Crippen LogP contribution in [0.5, 0.6) is 23.0 Å². The molecular formula is C34H26Br2N4O4. The number of primary amides is 1. The lowest BCUT2D eigenvalue weighted by molar-refractivity contribution is 0.0823. The molecule has 0 spiro atoms. The number of fused-ring (bicyclic) bond motifs is 2. The molecule has 2 aromatic heterocycles. The summed E-state index contributed by atoms with van der Waals surface area (Å²) < 4.78 is 13.0. The molecule has 0 saturated carbocycles. The van der Waals surface area contributed by atoms with Gasteiger partial charge in [-0.2, -0.15) is 0 Å². The van der Waals surface area contributed by atoms with Crippen molar-refractivity contribution in [3.8, 4) is 23.0 Å². The molecule has 6 rings (SSSR count). The summed E-state index contributed by atoms with van der Waals surface area (Å²) in [7, 11) is 3.42. The zero-order valence-electron chi connectivity index (χ0n) is 23.7. The summed E-state index contributed by atoms with van der Waals surface area (Å²) in [5.74, 6) is 1.36. The third kappa shape index (κ3) is 7.04. The molecule has 0 unspecified atom stereocenters. The Morgan fingerprint density at radius 1 is 0.659 bits per heavy atom. The number of hydrogen-bond acceptors (Lipinski definition) is 6. The molecule has 44 heavy (non-hydrogen) atoms. The minimum absolute atomic E-state index is 0.124. The number of halogens is 2. The van der Waals surface area contributed by atoms with E-state index in [9.17, 15) is 9.59 Å². The average molecular weight is 714 g/mol. The number of carbonyl (C=O) groups is 2. The van der Waals surface area contributed by atoms with Gasteiger partial charge in [-0.15, -0.1) is 0 Å². The van der Waals surface area contributed by atoms with Crippen molar-refractivity contribution in [3.05, 3.63) is 130 Å². The second-order valence-corrected chi connectivity index (χ2v) is 11.4. The lowest BCUT2D eigenvalue weighted by Crippen LogP contribution is -2.22. The summed E-state index contributed by atoms with van der Waals surface area (Å²) in [4.78, 5) is 34.1. The molecule has 0 saturated heterocycles. The van der Waals surface area contributed by atoms with Crippen molar-refractivity contribution < 1.29 is 19.1 Å². The maximum Gasteiger partial charge on any atom is 0.258 e. The van der Waals surface area contributed by atoms with E-state index in [1.165, 1.54) is 4.90 Å². The third-order valence-corrected chi connectivity index (χ3v) is 7.73. The first kappa shape index (κ1) is 30.7. The maximum atomic E-state index is 12.4. The summed E-state index contributed by atoms with van der Waals surface area (Å²) in [6.45, 7) is 0. The number of para-hydroxylation sites is 2. The smallest absolute Gasteiger partial charge is 0.258 e. The van der Waals surface area contributed by atoms with E-state index in [0.29, 0.717) is 43.1 Å². The fourth-order valence-corrected chi connectivity index (χ4v) is 5.38. The van der Waals surface area contributed by atoms with Gasteiger partial charge in [-0.1, -0.05) is 48.5 Å². The number of hydrogen-bond donors (Lipinski definition) is 1. The van der Waals surface area contributed by atoms with Gasteiger partial charge < -0.3 is 20.1 Å². The second kappa shape index (κ2) is 13.7. The Hall–Kier alpha value is -4.80. The van der Waals surface area contributed by atoms with Crippen LogP contribution in [0.25, 0.3) is 21.8 Å². The summed E-state index contributed by atoms with van der Waals surface area (Å²) in [6.07, 6.45) is 3.28. The Morgan fingerprint density at radius 3 is 1.59 bits per heavy atom. The number of amides is 2. The fraction of sp³-hybridized carbons (Fsp3) is 0.0588. The molecule has 4 aromatic carbocycles. The van der Waals surface area contributed by atoms with Gasteiger partial charge in [-0.3, -0.25) is 19.6 Å². The van der Waals surface area contributed by atoms with E-state index in [0.717, 1.165) is 21.8 Å². The molecule has 0 aliphatic rings. The average Bonchev–Trinajstić information content (AvgIpc) is 3.01. The van der Waals surface area contributed by atoms with Crippen LogP contribution in [0.2, 0.25) is 0 Å². The molecule has 10 heteroatoms. The number of ether oxygens (including phenoxy) is 2. The Bertz CT molecular complexity index is 2000. The molecule has 2 N–H and O–H groups in total. The highest BCUT2D eigenvalue weighted by Gasteiger charge is 2.19. The van der Waals surface area contributed by atoms with Crippen molar-refractivity contribution >= 4 is 65.5 Å². The first-order chi connectivity index (χ1) is 21.2. The molecular weight excluding hydrogens is 688 g/mol. The van der Waals surface area contributed by atoms with E-state index in [2.05, 4.69) is 41.8 Å². The quantitative estimate of drug-likeness (QED) is 0.186. The predicted molar refractivity (Wildman–Crippen MR) is 178 cm³/mol. The summed E-state index contributed by atoms with van der Waals surface area (Å²) in [5, 5.41) is 1.95. The van der Waals surface area contributed by atoms with Gasteiger partial charge in [0, 0.05) is 33.8 Å². The summed E-state index contributed by atoms with van der Waals surface area (Å²) >= 11 is 6.73. The molecule has 2 heterocycles. The van der Waals surface area contributed by atoms with Gasteiger partial charge in [-0.05, 0) is 80.4 Å². The highest BCUT2D eigenvalue weighted by Crippen LogP contribution is 2.33. The van der Waals surface area contributed by atoms with Gasteiger partial charge in [0.25, 0.3) is 11.8 Å². The van der Waals surface area contributed by atoms with E-state index in [4.69, 9.17) is 15.2 Å². The highest BCUT2D eigenvalue weighted by atomic mass is 79.9. The zero-order valence-corrected chi connectivity index (χ0v) is 26.9. The lowest BCUT2D eigenvalue weighted by Gasteiger charge is -2.16. The molecule has 0 bridgehead atoms. The predicted octanol–water partition coefficient (Wildman–Crippen LogP) is 8.38. The van der Waals surface area contributed by atoms with Gasteiger partial charge in [0.05, 0.1) is 34.6 Å². The third-order valence-electron chi connectivity index (χ3n) is 6.40. The monoisotopic (exact) mass is 712 g/mol. The first-order valence-corrected chi connectivity index (χ1v) is 14.9. The topological polar surface area (TPSA) is 108 Å². The Labute approximate surface area is 270 Å². The highest BCUT2D eigenvalue weighted by molar-refractivity contribution is 9.10. The minimum atomic E-state index is -0.550. The molecule has 6 aromatic rings. The van der Waals surface area contributed by atoms with Crippen LogP contribution in [0.4, 0.5) is 0 Å². The fourth-order valence-electron chi connectivity index (χ4n) is 4.32. The van der Waals surface area contributed by atoms with Crippen molar-refractivity contribution in [2.24, 2.45) is 5.73 Å². The number of benzene rings is 4. The molecule has 220 valence electrons. The van der Waals surface area contributed by atoms with E-state index in [-0.39, 0.29) is 5.91 Å². The normalized spacial score (nSPS) is 10.5. The van der Waals surface area contributed by atoms with Crippen LogP contribution in [-0.2, 0) is 0 Å². The molecule has 0 atom stereocenters. The van der Waals surface area contributed by atoms with Crippen molar-refractivity contribution in [2.45, 2.75) is 0 Å². The van der Waals surface area contributed by atoms with Gasteiger partial charge in [0.1, 0.15) is 23.0 Å². The SMILES string of the molecule is CN(C)C(=O)c1c(Br)cccc1Oc1cnc2ccccc2c1.NC(=O)c1c(Br)cccc1Oc1cnc2ccccc2c1.